The second-order valence-electron chi connectivity index (χ2n) is 3.43. The monoisotopic (exact) mass is 207 g/mol. The van der Waals surface area contributed by atoms with Gasteiger partial charge in [-0.3, -0.25) is 0 Å². The lowest BCUT2D eigenvalue weighted by Gasteiger charge is -2.07. The zero-order valence-corrected chi connectivity index (χ0v) is 8.69. The fraction of sp³-hybridized carbons (Fsp3) is 0. The molecule has 2 aromatic rings. The van der Waals surface area contributed by atoms with Crippen LogP contribution in [0.1, 0.15) is 0 Å². The maximum Gasteiger partial charge on any atom is 0.309 e. The van der Waals surface area contributed by atoms with Crippen molar-refractivity contribution >= 4 is 17.8 Å². The Kier molecular flexibility index (Phi) is 3.26. The van der Waals surface area contributed by atoms with Crippen molar-refractivity contribution in [2.24, 2.45) is 5.03 Å². The highest BCUT2D eigenvalue weighted by Crippen LogP contribution is 1.94. The number of benzene rings is 2. The molecule has 0 radical (unpaired) electrons. The second-order valence-corrected chi connectivity index (χ2v) is 3.43. The number of hydrogen-bond donors (Lipinski definition) is 0. The van der Waals surface area contributed by atoms with Crippen LogP contribution in [0, 0.1) is 0 Å². The standard InChI is InChI=1S/C12H10BN3/c14-16-15-13(11-7-3-1-4-8-11)12-9-5-2-6-10-12/h1-10H. The molecule has 0 saturated carbocycles. The topological polar surface area (TPSA) is 48.8 Å². The van der Waals surface area contributed by atoms with E-state index in [-0.39, 0.29) is 6.85 Å². The summed E-state index contributed by atoms with van der Waals surface area (Å²) in [4.78, 5) is 2.91. The molecule has 0 N–H and O–H groups in total. The summed E-state index contributed by atoms with van der Waals surface area (Å²) in [7, 11) is 0. The van der Waals surface area contributed by atoms with Crippen LogP contribution in [0.2, 0.25) is 0 Å². The predicted molar refractivity (Wildman–Crippen MR) is 67.1 cm³/mol. The van der Waals surface area contributed by atoms with Crippen LogP contribution in [0.5, 0.6) is 0 Å². The van der Waals surface area contributed by atoms with E-state index in [0.717, 1.165) is 10.9 Å². The molecule has 3 nitrogen and oxygen atoms in total. The maximum absolute atomic E-state index is 8.62. The van der Waals surface area contributed by atoms with Gasteiger partial charge >= 0.3 is 6.85 Å². The summed E-state index contributed by atoms with van der Waals surface area (Å²) in [5.41, 5.74) is 10.6. The first-order valence-corrected chi connectivity index (χ1v) is 5.06. The number of nitrogens with zero attached hydrogens (tertiary/aromatic N) is 3. The third-order valence-electron chi connectivity index (χ3n) is 2.40. The summed E-state index contributed by atoms with van der Waals surface area (Å²) in [6.45, 7) is -0.243. The minimum atomic E-state index is -0.243. The van der Waals surface area contributed by atoms with E-state index in [1.807, 2.05) is 60.7 Å². The van der Waals surface area contributed by atoms with E-state index < -0.39 is 0 Å². The van der Waals surface area contributed by atoms with Crippen molar-refractivity contribution in [2.75, 3.05) is 0 Å². The summed E-state index contributed by atoms with van der Waals surface area (Å²) in [5, 5.41) is 3.85. The van der Waals surface area contributed by atoms with Gasteiger partial charge in [-0.2, -0.15) is 0 Å². The van der Waals surface area contributed by atoms with Crippen LogP contribution in [0.4, 0.5) is 0 Å². The molecule has 2 rings (SSSR count). The molecule has 2 aromatic carbocycles. The Morgan fingerprint density at radius 3 is 1.62 bits per heavy atom. The third kappa shape index (κ3) is 2.24. The lowest BCUT2D eigenvalue weighted by atomic mass is 9.52. The predicted octanol–water partition coefficient (Wildman–Crippen LogP) is 2.10. The van der Waals surface area contributed by atoms with Crippen molar-refractivity contribution in [3.8, 4) is 0 Å². The Morgan fingerprint density at radius 1 is 0.812 bits per heavy atom. The molecule has 0 spiro atoms. The second kappa shape index (κ2) is 5.05. The smallest absolute Gasteiger partial charge is 0.136 e. The molecule has 0 bridgehead atoms. The Labute approximate surface area is 94.5 Å². The van der Waals surface area contributed by atoms with E-state index in [4.69, 9.17) is 5.53 Å². The van der Waals surface area contributed by atoms with Gasteiger partial charge in [0.25, 0.3) is 0 Å². The zero-order chi connectivity index (χ0) is 11.2. The molecule has 76 valence electrons. The Hall–Kier alpha value is -2.19. The summed E-state index contributed by atoms with van der Waals surface area (Å²) in [6, 6.07) is 19.5. The molecule has 0 heterocycles. The van der Waals surface area contributed by atoms with E-state index in [1.165, 1.54) is 0 Å². The molecule has 4 heteroatoms. The summed E-state index contributed by atoms with van der Waals surface area (Å²) in [5.74, 6) is 0. The van der Waals surface area contributed by atoms with Crippen molar-refractivity contribution in [1.82, 2.24) is 0 Å². The van der Waals surface area contributed by atoms with Crippen LogP contribution in [-0.4, -0.2) is 6.85 Å². The molecule has 0 fully saturated rings. The van der Waals surface area contributed by atoms with Crippen LogP contribution in [0.3, 0.4) is 0 Å². The summed E-state index contributed by atoms with van der Waals surface area (Å²) in [6.07, 6.45) is 0. The average molecular weight is 207 g/mol. The van der Waals surface area contributed by atoms with Crippen molar-refractivity contribution < 1.29 is 0 Å². The van der Waals surface area contributed by atoms with Gasteiger partial charge in [-0.05, 0) is 10.4 Å². The molecule has 0 aliphatic rings. The van der Waals surface area contributed by atoms with Crippen LogP contribution in [0.15, 0.2) is 65.7 Å². The van der Waals surface area contributed by atoms with Crippen molar-refractivity contribution in [2.45, 2.75) is 0 Å². The van der Waals surface area contributed by atoms with Crippen molar-refractivity contribution in [1.29, 1.82) is 0 Å². The van der Waals surface area contributed by atoms with E-state index in [2.05, 4.69) is 9.94 Å². The molecule has 0 amide bonds. The molecule has 0 saturated heterocycles. The molecule has 0 aliphatic heterocycles. The van der Waals surface area contributed by atoms with E-state index in [0.29, 0.717) is 0 Å². The van der Waals surface area contributed by atoms with E-state index >= 15 is 0 Å². The van der Waals surface area contributed by atoms with Gasteiger partial charge < -0.3 is 0 Å². The maximum atomic E-state index is 8.62. The van der Waals surface area contributed by atoms with Gasteiger partial charge in [0.1, 0.15) is 0 Å². The van der Waals surface area contributed by atoms with E-state index in [9.17, 15) is 0 Å². The Morgan fingerprint density at radius 2 is 1.25 bits per heavy atom. The third-order valence-corrected chi connectivity index (χ3v) is 2.40. The largest absolute Gasteiger partial charge is 0.309 e. The first-order chi connectivity index (χ1) is 7.92. The number of rotatable bonds is 3. The quantitative estimate of drug-likeness (QED) is 0.320. The Balaban J connectivity index is 2.43. The molecule has 0 atom stereocenters. The summed E-state index contributed by atoms with van der Waals surface area (Å²) >= 11 is 0. The average Bonchev–Trinajstić information content (AvgIpc) is 2.38. The highest BCUT2D eigenvalue weighted by atomic mass is 15.1. The first-order valence-electron chi connectivity index (χ1n) is 5.06. The lowest BCUT2D eigenvalue weighted by Crippen LogP contribution is -2.40. The SMILES string of the molecule is [N-]=[N+]=NB(c1ccccc1)c1ccccc1. The van der Waals surface area contributed by atoms with Gasteiger partial charge in [-0.15, -0.1) is 5.03 Å². The minimum Gasteiger partial charge on any atom is -0.136 e. The van der Waals surface area contributed by atoms with Crippen LogP contribution < -0.4 is 10.9 Å². The minimum absolute atomic E-state index is 0.243. The molecular weight excluding hydrogens is 197 g/mol. The molecule has 0 aliphatic carbocycles. The highest BCUT2D eigenvalue weighted by Gasteiger charge is 2.16. The molecular formula is C12H10BN3. The van der Waals surface area contributed by atoms with Gasteiger partial charge in [-0.25, -0.2) is 0 Å². The molecule has 0 aromatic heterocycles. The van der Waals surface area contributed by atoms with Gasteiger partial charge in [0.05, 0.1) is 0 Å². The van der Waals surface area contributed by atoms with Gasteiger partial charge in [0.2, 0.25) is 0 Å². The fourth-order valence-corrected chi connectivity index (χ4v) is 1.65. The number of azide groups is 1. The van der Waals surface area contributed by atoms with Crippen LogP contribution >= 0.6 is 0 Å². The zero-order valence-electron chi connectivity index (χ0n) is 8.69. The van der Waals surface area contributed by atoms with Gasteiger partial charge in [0.15, 0.2) is 0 Å². The van der Waals surface area contributed by atoms with Crippen molar-refractivity contribution in [3.63, 3.8) is 0 Å². The highest BCUT2D eigenvalue weighted by molar-refractivity contribution is 6.83. The molecule has 0 unspecified atom stereocenters. The molecule has 16 heavy (non-hydrogen) atoms. The van der Waals surface area contributed by atoms with E-state index in [1.54, 1.807) is 0 Å². The number of hydrogen-bond acceptors (Lipinski definition) is 1. The lowest BCUT2D eigenvalue weighted by molar-refractivity contribution is 1.64. The van der Waals surface area contributed by atoms with Gasteiger partial charge in [0, 0.05) is 0 Å². The van der Waals surface area contributed by atoms with Gasteiger partial charge in [-0.1, -0.05) is 71.6 Å². The Bertz CT molecular complexity index is 453. The fourth-order valence-electron chi connectivity index (χ4n) is 1.65. The summed E-state index contributed by atoms with van der Waals surface area (Å²) < 4.78 is 0. The normalized spacial score (nSPS) is 9.25. The van der Waals surface area contributed by atoms with Crippen molar-refractivity contribution in [3.05, 3.63) is 71.1 Å². The van der Waals surface area contributed by atoms with Crippen LogP contribution in [0.25, 0.3) is 10.4 Å². The van der Waals surface area contributed by atoms with Crippen LogP contribution in [-0.2, 0) is 0 Å². The first kappa shape index (κ1) is 10.3.